The van der Waals surface area contributed by atoms with E-state index in [1.807, 2.05) is 17.8 Å². The summed E-state index contributed by atoms with van der Waals surface area (Å²) in [6.07, 6.45) is 2.51. The van der Waals surface area contributed by atoms with Crippen molar-refractivity contribution in [3.63, 3.8) is 0 Å². The first-order valence-electron chi connectivity index (χ1n) is 8.30. The lowest BCUT2D eigenvalue weighted by molar-refractivity contribution is 0.0706. The van der Waals surface area contributed by atoms with Gasteiger partial charge in [-0.05, 0) is 18.2 Å². The molecule has 2 aromatic heterocycles. The summed E-state index contributed by atoms with van der Waals surface area (Å²) < 4.78 is 3.59. The van der Waals surface area contributed by atoms with Crippen molar-refractivity contribution in [2.45, 2.75) is 19.2 Å². The van der Waals surface area contributed by atoms with Crippen LogP contribution in [0, 0.1) is 0 Å². The number of halogens is 1. The minimum absolute atomic E-state index is 0.103. The van der Waals surface area contributed by atoms with E-state index in [0.29, 0.717) is 41.7 Å². The number of carbonyl (C=O) groups is 1. The van der Waals surface area contributed by atoms with Crippen LogP contribution in [-0.2, 0) is 20.1 Å². The first kappa shape index (κ1) is 16.8. The van der Waals surface area contributed by atoms with Gasteiger partial charge in [-0.3, -0.25) is 9.48 Å². The van der Waals surface area contributed by atoms with Crippen LogP contribution in [-0.4, -0.2) is 41.8 Å². The number of aryl methyl sites for hydroxylation is 1. The van der Waals surface area contributed by atoms with Gasteiger partial charge in [-0.15, -0.1) is 0 Å². The largest absolute Gasteiger partial charge is 0.379 e. The zero-order valence-electron chi connectivity index (χ0n) is 14.2. The topological polar surface area (TPSA) is 76.2 Å². The van der Waals surface area contributed by atoms with Gasteiger partial charge < -0.3 is 14.6 Å². The number of aromatic nitrogens is 4. The predicted octanol–water partition coefficient (Wildman–Crippen LogP) is 2.01. The fourth-order valence-corrected chi connectivity index (χ4v) is 3.39. The molecule has 0 unspecified atom stereocenters. The molecule has 1 atom stereocenters. The molecule has 0 saturated heterocycles. The summed E-state index contributed by atoms with van der Waals surface area (Å²) in [6.45, 7) is 1.53. The third-order valence-corrected chi connectivity index (χ3v) is 4.92. The molecule has 0 spiro atoms. The van der Waals surface area contributed by atoms with Gasteiger partial charge in [0.25, 0.3) is 5.91 Å². The number of carbonyl (C=O) groups excluding carboxylic acids is 1. The molecule has 1 amide bonds. The number of rotatable bonds is 3. The number of imidazole rings is 1. The Bertz CT molecular complexity index is 964. The van der Waals surface area contributed by atoms with E-state index in [1.165, 1.54) is 0 Å². The summed E-state index contributed by atoms with van der Waals surface area (Å²) in [5.41, 5.74) is 1.90. The first-order valence-corrected chi connectivity index (χ1v) is 8.68. The number of hydrogen-bond donors (Lipinski definition) is 1. The van der Waals surface area contributed by atoms with Crippen molar-refractivity contribution < 1.29 is 9.90 Å². The van der Waals surface area contributed by atoms with E-state index in [-0.39, 0.29) is 5.91 Å². The van der Waals surface area contributed by atoms with Crippen LogP contribution >= 0.6 is 11.6 Å². The fourth-order valence-electron chi connectivity index (χ4n) is 3.17. The van der Waals surface area contributed by atoms with Gasteiger partial charge >= 0.3 is 0 Å². The van der Waals surface area contributed by atoms with Gasteiger partial charge in [-0.25, -0.2) is 4.98 Å². The second-order valence-corrected chi connectivity index (χ2v) is 6.70. The quantitative estimate of drug-likeness (QED) is 0.764. The molecule has 4 rings (SSSR count). The normalized spacial score (nSPS) is 15.0. The first-order chi connectivity index (χ1) is 12.5. The Morgan fingerprint density at radius 3 is 2.85 bits per heavy atom. The molecule has 1 N–H and O–H groups in total. The number of hydrogen-bond acceptors (Lipinski definition) is 4. The zero-order chi connectivity index (χ0) is 18.3. The molecule has 0 radical (unpaired) electrons. The van der Waals surface area contributed by atoms with Crippen LogP contribution in [0.5, 0.6) is 0 Å². The molecule has 0 saturated carbocycles. The van der Waals surface area contributed by atoms with Crippen LogP contribution in [0.4, 0.5) is 0 Å². The van der Waals surface area contributed by atoms with Crippen molar-refractivity contribution in [2.75, 3.05) is 6.54 Å². The van der Waals surface area contributed by atoms with Crippen molar-refractivity contribution in [2.24, 2.45) is 7.05 Å². The van der Waals surface area contributed by atoms with Crippen molar-refractivity contribution in [1.82, 2.24) is 24.2 Å². The van der Waals surface area contributed by atoms with E-state index in [0.717, 1.165) is 5.69 Å². The number of amides is 1. The highest BCUT2D eigenvalue weighted by molar-refractivity contribution is 6.33. The van der Waals surface area contributed by atoms with Gasteiger partial charge in [0.15, 0.2) is 6.10 Å². The van der Waals surface area contributed by atoms with Crippen LogP contribution in [0.2, 0.25) is 5.02 Å². The Hall–Kier alpha value is -2.64. The Kier molecular flexibility index (Phi) is 4.26. The van der Waals surface area contributed by atoms with E-state index in [4.69, 9.17) is 11.6 Å². The molecule has 0 aliphatic carbocycles. The molecule has 1 aromatic carbocycles. The summed E-state index contributed by atoms with van der Waals surface area (Å²) in [4.78, 5) is 18.7. The standard InChI is InChI=1S/C18H18ClN5O2/c1-22-7-6-20-17(22)16(25)15-10-12-11-23(8-9-24(12)21-15)18(26)13-4-2-3-5-14(13)19/h2-7,10,16,25H,8-9,11H2,1H3/t16-/m1/s1. The van der Waals surface area contributed by atoms with Crippen molar-refractivity contribution in [1.29, 1.82) is 0 Å². The average molecular weight is 372 g/mol. The predicted molar refractivity (Wildman–Crippen MR) is 95.7 cm³/mol. The number of fused-ring (bicyclic) bond motifs is 1. The van der Waals surface area contributed by atoms with E-state index >= 15 is 0 Å². The molecule has 134 valence electrons. The second-order valence-electron chi connectivity index (χ2n) is 6.29. The van der Waals surface area contributed by atoms with Crippen molar-refractivity contribution in [3.05, 3.63) is 70.5 Å². The van der Waals surface area contributed by atoms with Gasteiger partial charge in [-0.2, -0.15) is 5.10 Å². The molecular weight excluding hydrogens is 354 g/mol. The third-order valence-electron chi connectivity index (χ3n) is 4.59. The second kappa shape index (κ2) is 6.59. The van der Waals surface area contributed by atoms with Crippen LogP contribution in [0.1, 0.15) is 33.7 Å². The molecule has 0 bridgehead atoms. The van der Waals surface area contributed by atoms with Gasteiger partial charge in [0.05, 0.1) is 35.1 Å². The average Bonchev–Trinajstić information content (AvgIpc) is 3.26. The summed E-state index contributed by atoms with van der Waals surface area (Å²) in [5.74, 6) is 0.429. The number of benzene rings is 1. The summed E-state index contributed by atoms with van der Waals surface area (Å²) in [6, 6.07) is 8.87. The van der Waals surface area contributed by atoms with Crippen LogP contribution in [0.3, 0.4) is 0 Å². The fraction of sp³-hybridized carbons (Fsp3) is 0.278. The molecular formula is C18H18ClN5O2. The molecule has 0 fully saturated rings. The van der Waals surface area contributed by atoms with E-state index < -0.39 is 6.10 Å². The molecule has 7 nitrogen and oxygen atoms in total. The van der Waals surface area contributed by atoms with Gasteiger partial charge in [0.1, 0.15) is 5.82 Å². The Labute approximate surface area is 155 Å². The van der Waals surface area contributed by atoms with Gasteiger partial charge in [0.2, 0.25) is 0 Å². The minimum atomic E-state index is -0.902. The van der Waals surface area contributed by atoms with Gasteiger partial charge in [0, 0.05) is 26.0 Å². The van der Waals surface area contributed by atoms with Crippen LogP contribution in [0.15, 0.2) is 42.7 Å². The minimum Gasteiger partial charge on any atom is -0.379 e. The smallest absolute Gasteiger partial charge is 0.255 e. The van der Waals surface area contributed by atoms with E-state index in [2.05, 4.69) is 10.1 Å². The molecule has 8 heteroatoms. The molecule has 26 heavy (non-hydrogen) atoms. The lowest BCUT2D eigenvalue weighted by atomic mass is 10.1. The van der Waals surface area contributed by atoms with Crippen molar-refractivity contribution >= 4 is 17.5 Å². The van der Waals surface area contributed by atoms with Crippen LogP contribution in [0.25, 0.3) is 0 Å². The SMILES string of the molecule is Cn1ccnc1[C@H](O)c1cc2n(n1)CCN(C(=O)c1ccccc1Cl)C2. The molecule has 3 heterocycles. The Balaban J connectivity index is 1.56. The highest BCUT2D eigenvalue weighted by Crippen LogP contribution is 2.24. The number of aliphatic hydroxyl groups is 1. The maximum atomic E-state index is 12.8. The maximum absolute atomic E-state index is 12.8. The number of nitrogens with zero attached hydrogens (tertiary/aromatic N) is 5. The highest BCUT2D eigenvalue weighted by atomic mass is 35.5. The molecule has 1 aliphatic heterocycles. The highest BCUT2D eigenvalue weighted by Gasteiger charge is 2.27. The lowest BCUT2D eigenvalue weighted by Gasteiger charge is -2.28. The maximum Gasteiger partial charge on any atom is 0.255 e. The summed E-state index contributed by atoms with van der Waals surface area (Å²) in [7, 11) is 1.82. The summed E-state index contributed by atoms with van der Waals surface area (Å²) >= 11 is 6.15. The van der Waals surface area contributed by atoms with E-state index in [1.54, 1.807) is 46.1 Å². The number of aliphatic hydroxyl groups excluding tert-OH is 1. The Morgan fingerprint density at radius 1 is 1.31 bits per heavy atom. The van der Waals surface area contributed by atoms with E-state index in [9.17, 15) is 9.90 Å². The van der Waals surface area contributed by atoms with Crippen molar-refractivity contribution in [3.8, 4) is 0 Å². The lowest BCUT2D eigenvalue weighted by Crippen LogP contribution is -2.38. The zero-order valence-corrected chi connectivity index (χ0v) is 15.0. The van der Waals surface area contributed by atoms with Gasteiger partial charge in [-0.1, -0.05) is 23.7 Å². The summed E-state index contributed by atoms with van der Waals surface area (Å²) in [5, 5.41) is 15.5. The monoisotopic (exact) mass is 371 g/mol. The molecule has 1 aliphatic rings. The van der Waals surface area contributed by atoms with Crippen LogP contribution < -0.4 is 0 Å². The third kappa shape index (κ3) is 2.89. The molecule has 3 aromatic rings. The Morgan fingerprint density at radius 2 is 2.12 bits per heavy atom.